The van der Waals surface area contributed by atoms with E-state index in [0.29, 0.717) is 6.04 Å². The zero-order valence-corrected chi connectivity index (χ0v) is 11.8. The third-order valence-corrected chi connectivity index (χ3v) is 4.97. The maximum absolute atomic E-state index is 6.17. The Morgan fingerprint density at radius 1 is 1.05 bits per heavy atom. The molecular formula is C17H26N2. The smallest absolute Gasteiger partial charge is 0.0233 e. The van der Waals surface area contributed by atoms with Gasteiger partial charge in [0.05, 0.1) is 0 Å². The van der Waals surface area contributed by atoms with Crippen molar-refractivity contribution in [3.8, 4) is 0 Å². The highest BCUT2D eigenvalue weighted by atomic mass is 15.1. The molecule has 0 aromatic heterocycles. The van der Waals surface area contributed by atoms with Crippen molar-refractivity contribution in [3.05, 3.63) is 35.9 Å². The highest BCUT2D eigenvalue weighted by molar-refractivity contribution is 5.14. The van der Waals surface area contributed by atoms with E-state index in [1.807, 2.05) is 0 Å². The molecule has 0 amide bonds. The first-order valence-corrected chi connectivity index (χ1v) is 7.83. The van der Waals surface area contributed by atoms with Gasteiger partial charge in [-0.05, 0) is 56.0 Å². The van der Waals surface area contributed by atoms with Crippen LogP contribution in [0.3, 0.4) is 0 Å². The molecule has 1 aliphatic carbocycles. The number of likely N-dealkylation sites (tertiary alicyclic amines) is 1. The van der Waals surface area contributed by atoms with Gasteiger partial charge in [-0.3, -0.25) is 4.90 Å². The Morgan fingerprint density at radius 3 is 2.74 bits per heavy atom. The summed E-state index contributed by atoms with van der Waals surface area (Å²) < 4.78 is 0. The van der Waals surface area contributed by atoms with Gasteiger partial charge >= 0.3 is 0 Å². The zero-order chi connectivity index (χ0) is 13.1. The molecule has 2 nitrogen and oxygen atoms in total. The summed E-state index contributed by atoms with van der Waals surface area (Å²) in [6.45, 7) is 3.63. The molecule has 2 aliphatic rings. The fraction of sp³-hybridized carbons (Fsp3) is 0.647. The largest absolute Gasteiger partial charge is 0.328 e. The number of hydrogen-bond donors (Lipinski definition) is 1. The predicted molar refractivity (Wildman–Crippen MR) is 79.8 cm³/mol. The fourth-order valence-corrected chi connectivity index (χ4v) is 3.95. The van der Waals surface area contributed by atoms with Gasteiger partial charge < -0.3 is 5.73 Å². The highest BCUT2D eigenvalue weighted by Crippen LogP contribution is 2.35. The van der Waals surface area contributed by atoms with E-state index in [1.54, 1.807) is 0 Å². The molecule has 3 atom stereocenters. The molecule has 2 heteroatoms. The maximum atomic E-state index is 6.17. The SMILES string of the molecule is NC1CCC2CCCN(Cc3ccccc3)CC2C1. The van der Waals surface area contributed by atoms with Crippen molar-refractivity contribution in [2.75, 3.05) is 13.1 Å². The molecule has 1 saturated carbocycles. The zero-order valence-electron chi connectivity index (χ0n) is 11.8. The second-order valence-electron chi connectivity index (χ2n) is 6.46. The first-order chi connectivity index (χ1) is 9.31. The molecule has 2 fully saturated rings. The molecule has 19 heavy (non-hydrogen) atoms. The number of benzene rings is 1. The average molecular weight is 258 g/mol. The van der Waals surface area contributed by atoms with Crippen LogP contribution in [0.5, 0.6) is 0 Å². The van der Waals surface area contributed by atoms with Crippen molar-refractivity contribution in [2.24, 2.45) is 17.6 Å². The van der Waals surface area contributed by atoms with Crippen molar-refractivity contribution in [3.63, 3.8) is 0 Å². The van der Waals surface area contributed by atoms with E-state index >= 15 is 0 Å². The van der Waals surface area contributed by atoms with E-state index in [9.17, 15) is 0 Å². The van der Waals surface area contributed by atoms with Crippen molar-refractivity contribution in [1.29, 1.82) is 0 Å². The van der Waals surface area contributed by atoms with Gasteiger partial charge in [-0.1, -0.05) is 30.3 Å². The molecule has 104 valence electrons. The molecule has 3 unspecified atom stereocenters. The summed E-state index contributed by atoms with van der Waals surface area (Å²) in [5.41, 5.74) is 7.62. The van der Waals surface area contributed by atoms with Crippen LogP contribution in [0, 0.1) is 11.8 Å². The molecule has 1 aromatic rings. The van der Waals surface area contributed by atoms with E-state index in [0.717, 1.165) is 18.4 Å². The lowest BCUT2D eigenvalue weighted by molar-refractivity contribution is 0.165. The van der Waals surface area contributed by atoms with Gasteiger partial charge in [0.1, 0.15) is 0 Å². The molecule has 0 spiro atoms. The minimum Gasteiger partial charge on any atom is -0.328 e. The summed E-state index contributed by atoms with van der Waals surface area (Å²) >= 11 is 0. The number of nitrogens with two attached hydrogens (primary N) is 1. The van der Waals surface area contributed by atoms with Crippen LogP contribution in [-0.4, -0.2) is 24.0 Å². The molecule has 1 saturated heterocycles. The van der Waals surface area contributed by atoms with Crippen molar-refractivity contribution < 1.29 is 0 Å². The minimum absolute atomic E-state index is 0.456. The van der Waals surface area contributed by atoms with Gasteiger partial charge in [0.15, 0.2) is 0 Å². The number of fused-ring (bicyclic) bond motifs is 1. The lowest BCUT2D eigenvalue weighted by Gasteiger charge is -2.35. The predicted octanol–water partition coefficient (Wildman–Crippen LogP) is 3.03. The Morgan fingerprint density at radius 2 is 1.89 bits per heavy atom. The molecule has 1 aliphatic heterocycles. The van der Waals surface area contributed by atoms with E-state index in [-0.39, 0.29) is 0 Å². The van der Waals surface area contributed by atoms with Crippen LogP contribution >= 0.6 is 0 Å². The van der Waals surface area contributed by atoms with E-state index in [2.05, 4.69) is 35.2 Å². The summed E-state index contributed by atoms with van der Waals surface area (Å²) in [6, 6.07) is 11.3. The fourth-order valence-electron chi connectivity index (χ4n) is 3.95. The molecule has 2 N–H and O–H groups in total. The maximum Gasteiger partial charge on any atom is 0.0233 e. The molecule has 1 aromatic carbocycles. The minimum atomic E-state index is 0.456. The highest BCUT2D eigenvalue weighted by Gasteiger charge is 2.31. The molecule has 1 heterocycles. The van der Waals surface area contributed by atoms with Gasteiger partial charge in [-0.25, -0.2) is 0 Å². The quantitative estimate of drug-likeness (QED) is 0.883. The Balaban J connectivity index is 1.63. The van der Waals surface area contributed by atoms with Gasteiger partial charge in [-0.2, -0.15) is 0 Å². The van der Waals surface area contributed by atoms with E-state index in [4.69, 9.17) is 5.73 Å². The number of hydrogen-bond acceptors (Lipinski definition) is 2. The van der Waals surface area contributed by atoms with Crippen LogP contribution in [0.1, 0.15) is 37.7 Å². The Bertz CT molecular complexity index is 390. The monoisotopic (exact) mass is 258 g/mol. The standard InChI is InChI=1S/C17H26N2/c18-17-9-8-15-7-4-10-19(13-16(15)11-17)12-14-5-2-1-3-6-14/h1-3,5-6,15-17H,4,7-13,18H2. The number of nitrogens with zero attached hydrogens (tertiary/aromatic N) is 1. The van der Waals surface area contributed by atoms with Crippen molar-refractivity contribution >= 4 is 0 Å². The summed E-state index contributed by atoms with van der Waals surface area (Å²) in [7, 11) is 0. The van der Waals surface area contributed by atoms with Crippen LogP contribution in [-0.2, 0) is 6.54 Å². The van der Waals surface area contributed by atoms with Gasteiger partial charge in [0.2, 0.25) is 0 Å². The first-order valence-electron chi connectivity index (χ1n) is 7.83. The lowest BCUT2D eigenvalue weighted by Crippen LogP contribution is -2.38. The van der Waals surface area contributed by atoms with E-state index < -0.39 is 0 Å². The second kappa shape index (κ2) is 6.06. The summed E-state index contributed by atoms with van der Waals surface area (Å²) in [5.74, 6) is 1.79. The Hall–Kier alpha value is -0.860. The third-order valence-electron chi connectivity index (χ3n) is 4.97. The first kappa shape index (κ1) is 13.1. The molecule has 0 radical (unpaired) electrons. The lowest BCUT2D eigenvalue weighted by atomic mass is 9.75. The van der Waals surface area contributed by atoms with Crippen LogP contribution in [0.15, 0.2) is 30.3 Å². The van der Waals surface area contributed by atoms with E-state index in [1.165, 1.54) is 50.8 Å². The summed E-state index contributed by atoms with van der Waals surface area (Å²) in [6.07, 6.45) is 6.65. The van der Waals surface area contributed by atoms with Crippen LogP contribution in [0.2, 0.25) is 0 Å². The second-order valence-corrected chi connectivity index (χ2v) is 6.46. The Kier molecular flexibility index (Phi) is 4.19. The van der Waals surface area contributed by atoms with Crippen molar-refractivity contribution in [2.45, 2.75) is 44.7 Å². The van der Waals surface area contributed by atoms with Crippen LogP contribution < -0.4 is 5.73 Å². The van der Waals surface area contributed by atoms with Gasteiger partial charge in [-0.15, -0.1) is 0 Å². The normalized spacial score (nSPS) is 32.6. The Labute approximate surface area is 117 Å². The van der Waals surface area contributed by atoms with Crippen LogP contribution in [0.25, 0.3) is 0 Å². The average Bonchev–Trinajstić information content (AvgIpc) is 2.61. The van der Waals surface area contributed by atoms with Crippen LogP contribution in [0.4, 0.5) is 0 Å². The third kappa shape index (κ3) is 3.37. The molecule has 0 bridgehead atoms. The molecular weight excluding hydrogens is 232 g/mol. The topological polar surface area (TPSA) is 29.3 Å². The van der Waals surface area contributed by atoms with Gasteiger partial charge in [0.25, 0.3) is 0 Å². The summed E-state index contributed by atoms with van der Waals surface area (Å²) in [4.78, 5) is 2.65. The van der Waals surface area contributed by atoms with Crippen molar-refractivity contribution in [1.82, 2.24) is 4.90 Å². The molecule has 3 rings (SSSR count). The van der Waals surface area contributed by atoms with Gasteiger partial charge in [0, 0.05) is 19.1 Å². The summed E-state index contributed by atoms with van der Waals surface area (Å²) in [5, 5.41) is 0. The number of rotatable bonds is 2.